The zero-order valence-corrected chi connectivity index (χ0v) is 11.5. The molecule has 5 nitrogen and oxygen atoms in total. The summed E-state index contributed by atoms with van der Waals surface area (Å²) in [5.74, 6) is 3.01. The number of ether oxygens (including phenoxy) is 2. The van der Waals surface area contributed by atoms with Crippen LogP contribution in [0.2, 0.25) is 0 Å². The van der Waals surface area contributed by atoms with Gasteiger partial charge in [0.05, 0.1) is 25.5 Å². The van der Waals surface area contributed by atoms with Crippen LogP contribution in [0.4, 0.5) is 5.69 Å². The van der Waals surface area contributed by atoms with E-state index >= 15 is 0 Å². The quantitative estimate of drug-likeness (QED) is 0.663. The van der Waals surface area contributed by atoms with E-state index < -0.39 is 0 Å². The van der Waals surface area contributed by atoms with Crippen LogP contribution in [0.5, 0.6) is 5.75 Å². The Hall–Kier alpha value is -2.19. The van der Waals surface area contributed by atoms with Crippen molar-refractivity contribution in [2.75, 3.05) is 32.5 Å². The van der Waals surface area contributed by atoms with Crippen LogP contribution in [0, 0.1) is 12.3 Å². The molecule has 0 aromatic heterocycles. The minimum Gasteiger partial charge on any atom is -0.495 e. The fourth-order valence-electron chi connectivity index (χ4n) is 2.19. The van der Waals surface area contributed by atoms with Gasteiger partial charge in [0.15, 0.2) is 0 Å². The summed E-state index contributed by atoms with van der Waals surface area (Å²) in [7, 11) is 1.53. The Kier molecular flexibility index (Phi) is 4.49. The average molecular weight is 274 g/mol. The second-order valence-corrected chi connectivity index (χ2v) is 4.61. The number of carbonyl (C=O) groups excluding carboxylic acids is 1. The van der Waals surface area contributed by atoms with E-state index in [1.807, 2.05) is 0 Å². The summed E-state index contributed by atoms with van der Waals surface area (Å²) in [6.07, 6.45) is 5.70. The zero-order chi connectivity index (χ0) is 14.5. The summed E-state index contributed by atoms with van der Waals surface area (Å²) < 4.78 is 10.7. The van der Waals surface area contributed by atoms with E-state index in [0.717, 1.165) is 0 Å². The van der Waals surface area contributed by atoms with Crippen molar-refractivity contribution in [3.63, 3.8) is 0 Å². The smallest absolute Gasteiger partial charge is 0.254 e. The second-order valence-electron chi connectivity index (χ2n) is 4.61. The molecule has 1 aliphatic heterocycles. The Morgan fingerprint density at radius 1 is 1.65 bits per heavy atom. The molecule has 1 aromatic carbocycles. The normalized spacial score (nSPS) is 18.4. The third-order valence-corrected chi connectivity index (χ3v) is 3.25. The van der Waals surface area contributed by atoms with Gasteiger partial charge >= 0.3 is 0 Å². The van der Waals surface area contributed by atoms with Gasteiger partial charge in [0.2, 0.25) is 0 Å². The molecule has 0 saturated carbocycles. The van der Waals surface area contributed by atoms with Crippen molar-refractivity contribution in [1.29, 1.82) is 0 Å². The van der Waals surface area contributed by atoms with Gasteiger partial charge in [0.1, 0.15) is 5.75 Å². The van der Waals surface area contributed by atoms with Crippen LogP contribution in [-0.4, -0.2) is 43.7 Å². The van der Waals surface area contributed by atoms with Crippen LogP contribution in [0.1, 0.15) is 16.8 Å². The van der Waals surface area contributed by atoms with Crippen molar-refractivity contribution in [2.24, 2.45) is 0 Å². The van der Waals surface area contributed by atoms with Crippen LogP contribution < -0.4 is 10.5 Å². The molecule has 0 aliphatic carbocycles. The van der Waals surface area contributed by atoms with Gasteiger partial charge in [0.25, 0.3) is 5.91 Å². The maximum atomic E-state index is 12.5. The Balaban J connectivity index is 2.12. The summed E-state index contributed by atoms with van der Waals surface area (Å²) in [5, 5.41) is 0. The first-order chi connectivity index (χ1) is 9.65. The Labute approximate surface area is 118 Å². The fourth-order valence-corrected chi connectivity index (χ4v) is 2.19. The van der Waals surface area contributed by atoms with Crippen molar-refractivity contribution in [1.82, 2.24) is 4.90 Å². The third-order valence-electron chi connectivity index (χ3n) is 3.25. The topological polar surface area (TPSA) is 64.8 Å². The first-order valence-corrected chi connectivity index (χ1v) is 6.43. The Morgan fingerprint density at radius 2 is 2.45 bits per heavy atom. The minimum atomic E-state index is -0.0895. The van der Waals surface area contributed by atoms with Crippen LogP contribution in [0.3, 0.4) is 0 Å². The molecule has 0 radical (unpaired) electrons. The number of methoxy groups -OCH3 is 1. The van der Waals surface area contributed by atoms with E-state index in [-0.39, 0.29) is 12.0 Å². The van der Waals surface area contributed by atoms with E-state index in [2.05, 4.69) is 5.92 Å². The lowest BCUT2D eigenvalue weighted by molar-refractivity contribution is -0.0186. The molecule has 5 heteroatoms. The number of hydrogen-bond acceptors (Lipinski definition) is 4. The number of hydrogen-bond donors (Lipinski definition) is 1. The highest BCUT2D eigenvalue weighted by molar-refractivity contribution is 5.95. The maximum absolute atomic E-state index is 12.5. The molecule has 2 N–H and O–H groups in total. The molecule has 106 valence electrons. The van der Waals surface area contributed by atoms with Crippen molar-refractivity contribution < 1.29 is 14.3 Å². The lowest BCUT2D eigenvalue weighted by Gasteiger charge is -2.32. The Bertz CT molecular complexity index is 536. The minimum absolute atomic E-state index is 0.0615. The number of nitrogens with two attached hydrogens (primary N) is 1. The molecule has 1 heterocycles. The number of carbonyl (C=O) groups is 1. The highest BCUT2D eigenvalue weighted by atomic mass is 16.5. The maximum Gasteiger partial charge on any atom is 0.254 e. The highest BCUT2D eigenvalue weighted by Gasteiger charge is 2.24. The van der Waals surface area contributed by atoms with E-state index in [1.54, 1.807) is 23.1 Å². The molecule has 0 bridgehead atoms. The summed E-state index contributed by atoms with van der Waals surface area (Å²) in [4.78, 5) is 14.2. The van der Waals surface area contributed by atoms with Gasteiger partial charge in [-0.2, -0.15) is 0 Å². The van der Waals surface area contributed by atoms with Gasteiger partial charge in [-0.3, -0.25) is 4.79 Å². The molecule has 1 saturated heterocycles. The van der Waals surface area contributed by atoms with Gasteiger partial charge in [-0.15, -0.1) is 12.3 Å². The summed E-state index contributed by atoms with van der Waals surface area (Å²) in [5.41, 5.74) is 6.81. The standard InChI is InChI=1S/C15H18N2O3/c1-3-4-12-10-17(7-8-20-12)15(18)11-5-6-13(16)14(9-11)19-2/h1,5-6,9,12H,4,7-8,10,16H2,2H3/t12-/m0/s1. The number of rotatable bonds is 3. The largest absolute Gasteiger partial charge is 0.495 e. The van der Waals surface area contributed by atoms with Crippen molar-refractivity contribution in [3.8, 4) is 18.1 Å². The van der Waals surface area contributed by atoms with Crippen LogP contribution in [0.15, 0.2) is 18.2 Å². The molecule has 1 aliphatic rings. The average Bonchev–Trinajstić information content (AvgIpc) is 2.48. The number of nitrogens with zero attached hydrogens (tertiary/aromatic N) is 1. The lowest BCUT2D eigenvalue weighted by Crippen LogP contribution is -2.45. The molecule has 20 heavy (non-hydrogen) atoms. The van der Waals surface area contributed by atoms with E-state index in [1.165, 1.54) is 7.11 Å². The number of terminal acetylenes is 1. The molecule has 0 spiro atoms. The van der Waals surface area contributed by atoms with Gasteiger partial charge in [0, 0.05) is 25.1 Å². The molecule has 0 unspecified atom stereocenters. The first-order valence-electron chi connectivity index (χ1n) is 6.43. The molecule has 1 aromatic rings. The first kappa shape index (κ1) is 14.2. The van der Waals surface area contributed by atoms with Gasteiger partial charge in [-0.05, 0) is 18.2 Å². The highest BCUT2D eigenvalue weighted by Crippen LogP contribution is 2.23. The molecule has 1 fully saturated rings. The lowest BCUT2D eigenvalue weighted by atomic mass is 10.1. The van der Waals surface area contributed by atoms with Crippen LogP contribution >= 0.6 is 0 Å². The summed E-state index contributed by atoms with van der Waals surface area (Å²) >= 11 is 0. The predicted octanol–water partition coefficient (Wildman–Crippen LogP) is 1.14. The van der Waals surface area contributed by atoms with Crippen LogP contribution in [0.25, 0.3) is 0 Å². The molecular weight excluding hydrogens is 256 g/mol. The van der Waals surface area contributed by atoms with E-state index in [9.17, 15) is 4.79 Å². The van der Waals surface area contributed by atoms with Gasteiger partial charge in [-0.25, -0.2) is 0 Å². The monoisotopic (exact) mass is 274 g/mol. The number of anilines is 1. The molecule has 1 amide bonds. The molecule has 2 rings (SSSR count). The SMILES string of the molecule is C#CC[C@H]1CN(C(=O)c2ccc(N)c(OC)c2)CCO1. The molecular formula is C15H18N2O3. The van der Waals surface area contributed by atoms with Crippen molar-refractivity contribution in [2.45, 2.75) is 12.5 Å². The number of morpholine rings is 1. The number of benzene rings is 1. The predicted molar refractivity (Wildman–Crippen MR) is 76.5 cm³/mol. The number of nitrogen functional groups attached to an aromatic ring is 1. The van der Waals surface area contributed by atoms with Gasteiger partial charge < -0.3 is 20.1 Å². The Morgan fingerprint density at radius 3 is 3.15 bits per heavy atom. The number of amides is 1. The summed E-state index contributed by atoms with van der Waals surface area (Å²) in [6, 6.07) is 5.03. The zero-order valence-electron chi connectivity index (χ0n) is 11.5. The van der Waals surface area contributed by atoms with Crippen LogP contribution in [-0.2, 0) is 4.74 Å². The molecule has 1 atom stereocenters. The third kappa shape index (κ3) is 3.03. The second kappa shape index (κ2) is 6.31. The van der Waals surface area contributed by atoms with Gasteiger partial charge in [-0.1, -0.05) is 0 Å². The fraction of sp³-hybridized carbons (Fsp3) is 0.400. The van der Waals surface area contributed by atoms with E-state index in [0.29, 0.717) is 43.1 Å². The summed E-state index contributed by atoms with van der Waals surface area (Å²) in [6.45, 7) is 1.58. The van der Waals surface area contributed by atoms with E-state index in [4.69, 9.17) is 21.6 Å². The van der Waals surface area contributed by atoms with Crippen molar-refractivity contribution >= 4 is 11.6 Å². The van der Waals surface area contributed by atoms with Crippen molar-refractivity contribution in [3.05, 3.63) is 23.8 Å².